The Hall–Kier alpha value is -0.673. The number of rotatable bonds is 0. The third kappa shape index (κ3) is 7.61. The van der Waals surface area contributed by atoms with E-state index >= 15 is 0 Å². The highest BCUT2D eigenvalue weighted by molar-refractivity contribution is 14.1. The normalized spacial score (nSPS) is 21.9. The molecule has 0 aromatic heterocycles. The Morgan fingerprint density at radius 1 is 0.920 bits per heavy atom. The maximum absolute atomic E-state index is 11.7. The molecule has 0 amide bonds. The topological polar surface area (TPSA) is 34.1 Å². The van der Waals surface area contributed by atoms with Gasteiger partial charge in [-0.2, -0.15) is 0 Å². The van der Waals surface area contributed by atoms with E-state index in [1.807, 2.05) is 27.7 Å². The Kier molecular flexibility index (Phi) is 7.47. The highest BCUT2D eigenvalue weighted by Crippen LogP contribution is 2.33. The SMILES string of the molecule is CC1(C)CCC(C#C[Si](C)(C)C)=CC1=O.CC1(C)CCC(I)=CC1=O. The molecular weight excluding hydrogens is 439 g/mol. The highest BCUT2D eigenvalue weighted by Gasteiger charge is 2.30. The van der Waals surface area contributed by atoms with E-state index in [1.54, 1.807) is 12.2 Å². The van der Waals surface area contributed by atoms with Crippen molar-refractivity contribution in [2.45, 2.75) is 73.0 Å². The Morgan fingerprint density at radius 2 is 1.40 bits per heavy atom. The first-order chi connectivity index (χ1) is 11.2. The monoisotopic (exact) mass is 470 g/mol. The lowest BCUT2D eigenvalue weighted by molar-refractivity contribution is -0.123. The maximum Gasteiger partial charge on any atom is 0.162 e. The largest absolute Gasteiger partial charge is 0.294 e. The van der Waals surface area contributed by atoms with Crippen molar-refractivity contribution >= 4 is 42.2 Å². The molecule has 0 saturated heterocycles. The number of allylic oxidation sites excluding steroid dienone is 4. The third-order valence-corrected chi connectivity index (χ3v) is 6.26. The number of carbonyl (C=O) groups excluding carboxylic acids is 2. The maximum atomic E-state index is 11.7. The Bertz CT molecular complexity index is 664. The number of ketones is 2. The molecule has 25 heavy (non-hydrogen) atoms. The molecule has 2 nitrogen and oxygen atoms in total. The van der Waals surface area contributed by atoms with Crippen LogP contribution in [-0.4, -0.2) is 19.6 Å². The average Bonchev–Trinajstić information content (AvgIpc) is 2.45. The van der Waals surface area contributed by atoms with Gasteiger partial charge in [0.05, 0.1) is 0 Å². The first-order valence-electron chi connectivity index (χ1n) is 8.92. The van der Waals surface area contributed by atoms with E-state index in [1.165, 1.54) is 3.58 Å². The van der Waals surface area contributed by atoms with Gasteiger partial charge in [-0.1, -0.05) is 53.3 Å². The van der Waals surface area contributed by atoms with Crippen LogP contribution in [0.5, 0.6) is 0 Å². The Labute approximate surface area is 168 Å². The lowest BCUT2D eigenvalue weighted by Crippen LogP contribution is -2.26. The van der Waals surface area contributed by atoms with E-state index in [2.05, 4.69) is 53.7 Å². The van der Waals surface area contributed by atoms with E-state index in [0.29, 0.717) is 0 Å². The van der Waals surface area contributed by atoms with Gasteiger partial charge in [0.15, 0.2) is 11.6 Å². The summed E-state index contributed by atoms with van der Waals surface area (Å²) in [5, 5.41) is 0. The summed E-state index contributed by atoms with van der Waals surface area (Å²) >= 11 is 2.23. The summed E-state index contributed by atoms with van der Waals surface area (Å²) in [6, 6.07) is 0. The molecule has 4 heteroatoms. The van der Waals surface area contributed by atoms with Crippen molar-refractivity contribution in [3.8, 4) is 11.5 Å². The van der Waals surface area contributed by atoms with Crippen molar-refractivity contribution in [1.82, 2.24) is 0 Å². The average molecular weight is 470 g/mol. The van der Waals surface area contributed by atoms with Crippen LogP contribution in [0.25, 0.3) is 0 Å². The van der Waals surface area contributed by atoms with E-state index in [9.17, 15) is 9.59 Å². The standard InChI is InChI=1S/C13H20OSi.C8H11IO/c1-13(2)8-6-11(10-12(13)14)7-9-15(3,4)5;1-8(2)4-3-6(9)5-7(8)10/h10H,6,8H2,1-5H3;5H,3-4H2,1-2H3. The molecule has 0 radical (unpaired) electrons. The van der Waals surface area contributed by atoms with Crippen LogP contribution in [0.2, 0.25) is 19.6 Å². The zero-order valence-corrected chi connectivity index (χ0v) is 19.8. The fourth-order valence-electron chi connectivity index (χ4n) is 2.33. The number of carbonyl (C=O) groups is 2. The van der Waals surface area contributed by atoms with Crippen LogP contribution >= 0.6 is 22.6 Å². The first kappa shape index (κ1) is 22.4. The summed E-state index contributed by atoms with van der Waals surface area (Å²) in [6.45, 7) is 14.7. The summed E-state index contributed by atoms with van der Waals surface area (Å²) in [4.78, 5) is 23.0. The van der Waals surface area contributed by atoms with Gasteiger partial charge in [0.1, 0.15) is 8.07 Å². The predicted molar refractivity (Wildman–Crippen MR) is 117 cm³/mol. The second-order valence-electron chi connectivity index (χ2n) is 9.26. The van der Waals surface area contributed by atoms with Crippen molar-refractivity contribution in [3.63, 3.8) is 0 Å². The second kappa shape index (κ2) is 8.35. The van der Waals surface area contributed by atoms with Gasteiger partial charge in [0.25, 0.3) is 0 Å². The van der Waals surface area contributed by atoms with Crippen LogP contribution in [0.15, 0.2) is 21.3 Å². The van der Waals surface area contributed by atoms with Gasteiger partial charge in [0.2, 0.25) is 0 Å². The highest BCUT2D eigenvalue weighted by atomic mass is 127. The molecule has 138 valence electrons. The fraction of sp³-hybridized carbons (Fsp3) is 0.619. The molecule has 0 unspecified atom stereocenters. The fourth-order valence-corrected chi connectivity index (χ4v) is 3.42. The number of halogens is 1. The molecule has 0 N–H and O–H groups in total. The quantitative estimate of drug-likeness (QED) is 0.252. The molecule has 2 aliphatic rings. The molecule has 0 fully saturated rings. The van der Waals surface area contributed by atoms with E-state index in [-0.39, 0.29) is 22.4 Å². The summed E-state index contributed by atoms with van der Waals surface area (Å²) < 4.78 is 1.20. The smallest absolute Gasteiger partial charge is 0.162 e. The summed E-state index contributed by atoms with van der Waals surface area (Å²) in [6.07, 6.45) is 7.47. The summed E-state index contributed by atoms with van der Waals surface area (Å²) in [5.41, 5.74) is 4.06. The van der Waals surface area contributed by atoms with Crippen molar-refractivity contribution < 1.29 is 9.59 Å². The molecular formula is C21H31IO2Si. The van der Waals surface area contributed by atoms with Crippen molar-refractivity contribution in [3.05, 3.63) is 21.3 Å². The third-order valence-electron chi connectivity index (χ3n) is 4.53. The molecule has 0 aliphatic heterocycles. The van der Waals surface area contributed by atoms with Crippen LogP contribution in [0.3, 0.4) is 0 Å². The van der Waals surface area contributed by atoms with Crippen LogP contribution < -0.4 is 0 Å². The van der Waals surface area contributed by atoms with Crippen molar-refractivity contribution in [2.75, 3.05) is 0 Å². The molecule has 0 saturated carbocycles. The molecule has 2 aliphatic carbocycles. The second-order valence-corrected chi connectivity index (χ2v) is 15.4. The Morgan fingerprint density at radius 3 is 1.80 bits per heavy atom. The van der Waals surface area contributed by atoms with Crippen molar-refractivity contribution in [2.24, 2.45) is 10.8 Å². The van der Waals surface area contributed by atoms with Gasteiger partial charge in [-0.05, 0) is 64.0 Å². The van der Waals surface area contributed by atoms with Gasteiger partial charge in [-0.15, -0.1) is 5.54 Å². The minimum absolute atomic E-state index is 0.103. The number of hydrogen-bond donors (Lipinski definition) is 0. The molecule has 0 atom stereocenters. The van der Waals surface area contributed by atoms with Gasteiger partial charge < -0.3 is 0 Å². The van der Waals surface area contributed by atoms with E-state index < -0.39 is 8.07 Å². The molecule has 0 aromatic carbocycles. The zero-order chi connectivity index (χ0) is 19.5. The van der Waals surface area contributed by atoms with Crippen LogP contribution in [-0.2, 0) is 9.59 Å². The van der Waals surface area contributed by atoms with Crippen LogP contribution in [0, 0.1) is 22.3 Å². The molecule has 2 rings (SSSR count). The number of hydrogen-bond acceptors (Lipinski definition) is 2. The van der Waals surface area contributed by atoms with Gasteiger partial charge in [-0.25, -0.2) is 0 Å². The molecule has 0 spiro atoms. The first-order valence-corrected chi connectivity index (χ1v) is 13.5. The summed E-state index contributed by atoms with van der Waals surface area (Å²) in [7, 11) is -1.31. The minimum atomic E-state index is -1.31. The minimum Gasteiger partial charge on any atom is -0.294 e. The van der Waals surface area contributed by atoms with Crippen LogP contribution in [0.1, 0.15) is 53.4 Å². The molecule has 0 aromatic rings. The zero-order valence-electron chi connectivity index (χ0n) is 16.7. The van der Waals surface area contributed by atoms with E-state index in [0.717, 1.165) is 31.3 Å². The summed E-state index contributed by atoms with van der Waals surface area (Å²) in [5.74, 6) is 3.69. The van der Waals surface area contributed by atoms with Crippen LogP contribution in [0.4, 0.5) is 0 Å². The van der Waals surface area contributed by atoms with Gasteiger partial charge in [0, 0.05) is 16.4 Å². The van der Waals surface area contributed by atoms with Gasteiger partial charge in [-0.3, -0.25) is 9.59 Å². The predicted octanol–water partition coefficient (Wildman–Crippen LogP) is 5.88. The lowest BCUT2D eigenvalue weighted by Gasteiger charge is -2.25. The molecule has 0 heterocycles. The van der Waals surface area contributed by atoms with E-state index in [4.69, 9.17) is 0 Å². The molecule has 0 bridgehead atoms. The Balaban J connectivity index is 0.000000271. The van der Waals surface area contributed by atoms with Crippen molar-refractivity contribution in [1.29, 1.82) is 0 Å². The van der Waals surface area contributed by atoms with Gasteiger partial charge >= 0.3 is 0 Å². The lowest BCUT2D eigenvalue weighted by atomic mass is 9.77.